The normalized spacial score (nSPS) is 0. The summed E-state index contributed by atoms with van der Waals surface area (Å²) in [5, 5.41) is 0. The molecule has 6 heteroatoms. The van der Waals surface area contributed by atoms with Gasteiger partial charge in [0, 0.05) is 70.7 Å². The first kappa shape index (κ1) is 47.7. The third-order valence-corrected chi connectivity index (χ3v) is 0. The van der Waals surface area contributed by atoms with Crippen LogP contribution in [-0.2, 0) is 70.7 Å². The maximum Gasteiger partial charge on any atom is 0 e. The first-order valence-corrected chi connectivity index (χ1v) is 0. The van der Waals surface area contributed by atoms with E-state index in [2.05, 4.69) is 0 Å². The van der Waals surface area contributed by atoms with Crippen LogP contribution in [0.3, 0.4) is 0 Å². The second-order valence-electron chi connectivity index (χ2n) is 0. The maximum atomic E-state index is 0. The van der Waals surface area contributed by atoms with E-state index in [-0.39, 0.29) is 136 Å². The van der Waals surface area contributed by atoms with Crippen LogP contribution in [-0.4, -0.2) is 65.0 Å². The quantitative estimate of drug-likeness (QED) is 0.350. The van der Waals surface area contributed by atoms with Gasteiger partial charge in [0.2, 0.25) is 0 Å². The van der Waals surface area contributed by atoms with Crippen LogP contribution < -0.4 is 0 Å². The summed E-state index contributed by atoms with van der Waals surface area (Å²) in [6, 6.07) is 0. The monoisotopic (exact) mass is 490 g/mol. The van der Waals surface area contributed by atoms with Gasteiger partial charge in [-0.05, 0) is 0 Å². The van der Waals surface area contributed by atoms with Crippen LogP contribution in [0, 0.1) is 0 Å². The minimum atomic E-state index is 0. The van der Waals surface area contributed by atoms with Crippen molar-refractivity contribution in [3.8, 4) is 0 Å². The van der Waals surface area contributed by atoms with Gasteiger partial charge in [0.1, 0.15) is 0 Å². The standard InChI is InChI=1S/Ca.Cu.Fe.Mn.Pb.Zn.4H. The molecule has 0 atom stereocenters. The van der Waals surface area contributed by atoms with E-state index in [1.807, 2.05) is 0 Å². The Bertz CT molecular complexity index is 15.5. The van der Waals surface area contributed by atoms with Gasteiger partial charge in [0.05, 0.1) is 0 Å². The van der Waals surface area contributed by atoms with E-state index in [1.54, 1.807) is 0 Å². The van der Waals surface area contributed by atoms with Crippen molar-refractivity contribution in [2.24, 2.45) is 0 Å². The van der Waals surface area contributed by atoms with Crippen molar-refractivity contribution in [1.29, 1.82) is 0 Å². The summed E-state index contributed by atoms with van der Waals surface area (Å²) in [4.78, 5) is 0. The minimum Gasteiger partial charge on any atom is 0 e. The predicted octanol–water partition coefficient (Wildman–Crippen LogP) is -1.84. The summed E-state index contributed by atoms with van der Waals surface area (Å²) < 4.78 is 0. The van der Waals surface area contributed by atoms with Crippen molar-refractivity contribution in [1.82, 2.24) is 0 Å². The van der Waals surface area contributed by atoms with E-state index in [4.69, 9.17) is 0 Å². The summed E-state index contributed by atoms with van der Waals surface area (Å²) in [5.41, 5.74) is 0. The molecule has 0 aromatic rings. The van der Waals surface area contributed by atoms with E-state index in [0.29, 0.717) is 0 Å². The van der Waals surface area contributed by atoms with E-state index >= 15 is 0 Å². The Kier molecular flexibility index (Phi) is 274. The molecule has 0 saturated heterocycles. The number of rotatable bonds is 0. The molecule has 0 aliphatic rings. The Morgan fingerprint density at radius 2 is 1.00 bits per heavy atom. The Labute approximate surface area is 132 Å². The smallest absolute Gasteiger partial charge is 0 e. The fourth-order valence-corrected chi connectivity index (χ4v) is 0. The minimum absolute atomic E-state index is 0. The molecule has 0 amide bonds. The average molecular weight is 491 g/mol. The van der Waals surface area contributed by atoms with Crippen molar-refractivity contribution in [3.05, 3.63) is 0 Å². The van der Waals surface area contributed by atoms with Crippen LogP contribution in [0.1, 0.15) is 0 Å². The van der Waals surface area contributed by atoms with E-state index < -0.39 is 0 Å². The molecule has 6 heavy (non-hydrogen) atoms. The van der Waals surface area contributed by atoms with Crippen LogP contribution in [0.25, 0.3) is 0 Å². The van der Waals surface area contributed by atoms with Crippen molar-refractivity contribution in [2.75, 3.05) is 0 Å². The first-order valence-electron chi connectivity index (χ1n) is 0. The number of hydrogen-bond donors (Lipinski definition) is 0. The molecule has 0 N–H and O–H groups in total. The molecule has 0 spiro atoms. The molecule has 0 fully saturated rings. The van der Waals surface area contributed by atoms with Gasteiger partial charge in [0.25, 0.3) is 0 Å². The van der Waals surface area contributed by atoms with Gasteiger partial charge in [-0.15, -0.1) is 0 Å². The molecule has 38 valence electrons. The van der Waals surface area contributed by atoms with Gasteiger partial charge < -0.3 is 0 Å². The predicted molar refractivity (Wildman–Crippen MR) is 17.1 cm³/mol. The Balaban J connectivity index is 0. The van der Waals surface area contributed by atoms with Crippen molar-refractivity contribution < 1.29 is 70.7 Å². The largest absolute Gasteiger partial charge is 0 e. The van der Waals surface area contributed by atoms with Gasteiger partial charge in [-0.2, -0.15) is 0 Å². The van der Waals surface area contributed by atoms with Gasteiger partial charge in [0.15, 0.2) is 0 Å². The van der Waals surface area contributed by atoms with E-state index in [9.17, 15) is 0 Å². The zero-order chi connectivity index (χ0) is 0. The van der Waals surface area contributed by atoms with Gasteiger partial charge in [-0.3, -0.25) is 0 Å². The molecule has 0 aliphatic carbocycles. The summed E-state index contributed by atoms with van der Waals surface area (Å²) in [7, 11) is 0. The third-order valence-electron chi connectivity index (χ3n) is 0. The molecular formula is H4CaCuFeMnPbZn. The summed E-state index contributed by atoms with van der Waals surface area (Å²) >= 11 is 0. The molecule has 0 aliphatic heterocycles. The SMILES string of the molecule is [CaH2].[Cu].[Fe].[Mn].[PbH2].[Zn]. The summed E-state index contributed by atoms with van der Waals surface area (Å²) in [6.45, 7) is 0. The van der Waals surface area contributed by atoms with Crippen molar-refractivity contribution in [2.45, 2.75) is 0 Å². The van der Waals surface area contributed by atoms with Crippen LogP contribution in [0.4, 0.5) is 0 Å². The summed E-state index contributed by atoms with van der Waals surface area (Å²) in [5.74, 6) is 0. The molecule has 0 saturated carbocycles. The van der Waals surface area contributed by atoms with E-state index in [1.165, 1.54) is 0 Å². The zero-order valence-electron chi connectivity index (χ0n) is 2.45. The molecule has 4 radical (unpaired) electrons. The maximum absolute atomic E-state index is 0. The van der Waals surface area contributed by atoms with Crippen LogP contribution in [0.15, 0.2) is 0 Å². The zero-order valence-corrected chi connectivity index (χ0v) is 14.1. The second kappa shape index (κ2) is 34.4. The van der Waals surface area contributed by atoms with Crippen LogP contribution in [0.2, 0.25) is 0 Å². The van der Waals surface area contributed by atoms with Gasteiger partial charge >= 0.3 is 65.0 Å². The van der Waals surface area contributed by atoms with Crippen LogP contribution >= 0.6 is 0 Å². The molecule has 0 heterocycles. The van der Waals surface area contributed by atoms with Crippen LogP contribution in [0.5, 0.6) is 0 Å². The average Bonchev–Trinajstić information content (AvgIpc) is 0. The molecule has 0 bridgehead atoms. The molecule has 0 nitrogen and oxygen atoms in total. The fraction of sp³-hybridized carbons (Fsp3) is 0. The molecule has 0 rings (SSSR count). The molecular weight excluding hydrogens is 487 g/mol. The van der Waals surface area contributed by atoms with Crippen molar-refractivity contribution in [3.63, 3.8) is 0 Å². The van der Waals surface area contributed by atoms with Gasteiger partial charge in [-0.1, -0.05) is 0 Å². The summed E-state index contributed by atoms with van der Waals surface area (Å²) in [6.07, 6.45) is 0. The van der Waals surface area contributed by atoms with Crippen molar-refractivity contribution >= 4 is 65.0 Å². The Morgan fingerprint density at radius 1 is 1.00 bits per heavy atom. The van der Waals surface area contributed by atoms with E-state index in [0.717, 1.165) is 0 Å². The Morgan fingerprint density at radius 3 is 1.00 bits per heavy atom. The molecule has 0 aromatic heterocycles. The Hall–Kier alpha value is 4.36. The number of hydrogen-bond acceptors (Lipinski definition) is 0. The first-order chi connectivity index (χ1) is 0. The molecule has 0 aromatic carbocycles. The van der Waals surface area contributed by atoms with Gasteiger partial charge in [-0.25, -0.2) is 0 Å². The topological polar surface area (TPSA) is 0 Å². The molecule has 0 unspecified atom stereocenters. The second-order valence-corrected chi connectivity index (χ2v) is 0. The fourth-order valence-electron chi connectivity index (χ4n) is 0. The third kappa shape index (κ3) is 23.8.